The number of hydrogen-bond acceptors (Lipinski definition) is 13. The summed E-state index contributed by atoms with van der Waals surface area (Å²) in [6.07, 6.45) is 6.10. The minimum Gasteiger partial charge on any atom is -0.395 e. The molecular weight excluding hydrogens is 920 g/mol. The van der Waals surface area contributed by atoms with Crippen LogP contribution in [0.2, 0.25) is 5.02 Å². The Bertz CT molecular complexity index is 2480. The van der Waals surface area contributed by atoms with E-state index < -0.39 is 26.5 Å². The van der Waals surface area contributed by atoms with Gasteiger partial charge in [0.1, 0.15) is 5.69 Å². The monoisotopic (exact) mass is 984 g/mol. The zero-order chi connectivity index (χ0) is 47.7. The number of allylic oxidation sites excluding steroid dienone is 1. The van der Waals surface area contributed by atoms with Crippen molar-refractivity contribution in [3.05, 3.63) is 129 Å². The molecule has 2 saturated heterocycles. The number of hydrogen-bond donors (Lipinski definition) is 4. The van der Waals surface area contributed by atoms with E-state index in [2.05, 4.69) is 54.0 Å². The van der Waals surface area contributed by atoms with Crippen molar-refractivity contribution in [2.24, 2.45) is 5.41 Å². The topological polar surface area (TPSA) is 164 Å². The molecule has 14 nitrogen and oxygen atoms in total. The van der Waals surface area contributed by atoms with Gasteiger partial charge in [0.05, 0.1) is 16.4 Å². The highest BCUT2D eigenvalue weighted by atomic mass is 35.5. The van der Waals surface area contributed by atoms with Crippen LogP contribution in [-0.2, 0) is 10.0 Å². The number of halogens is 1. The first kappa shape index (κ1) is 49.9. The Hall–Kier alpha value is -4.52. The molecule has 0 radical (unpaired) electrons. The Morgan fingerprint density at radius 3 is 2.35 bits per heavy atom. The molecule has 4 aromatic rings. The summed E-state index contributed by atoms with van der Waals surface area (Å²) in [7, 11) is -4.47. The number of nitrogens with zero attached hydrogens (tertiary/aromatic N) is 5. The van der Waals surface area contributed by atoms with Crippen LogP contribution in [0.15, 0.2) is 112 Å². The molecule has 17 heteroatoms. The van der Waals surface area contributed by atoms with Gasteiger partial charge in [-0.3, -0.25) is 24.7 Å². The van der Waals surface area contributed by atoms with Crippen LogP contribution in [0.3, 0.4) is 0 Å². The highest BCUT2D eigenvalue weighted by molar-refractivity contribution is 7.99. The van der Waals surface area contributed by atoms with Crippen molar-refractivity contribution in [2.75, 3.05) is 101 Å². The SMILES string of the molecule is CC1(CN2CCNCC2)CCC(c2ccc(Cl)cc2)=C(CN2CCN(c3ccc(C(=O)NS(=O)(=O)c4ccc(N[C@H](CCN(CCO)C5CC5)CSc5ccccc5)c([N+](=O)[O-])c4)cc3)CC2)C1. The molecule has 4 aliphatic rings. The molecule has 4 aromatic carbocycles. The molecule has 68 heavy (non-hydrogen) atoms. The smallest absolute Gasteiger partial charge is 0.293 e. The third-order valence-electron chi connectivity index (χ3n) is 13.8. The van der Waals surface area contributed by atoms with Gasteiger partial charge in [-0.15, -0.1) is 11.8 Å². The van der Waals surface area contributed by atoms with Crippen LogP contribution in [0.5, 0.6) is 0 Å². The van der Waals surface area contributed by atoms with Crippen LogP contribution in [0.25, 0.3) is 5.57 Å². The number of rotatable bonds is 21. The number of carbonyl (C=O) groups excluding carboxylic acids is 1. The van der Waals surface area contributed by atoms with E-state index in [1.165, 1.54) is 28.8 Å². The Morgan fingerprint density at radius 2 is 1.68 bits per heavy atom. The molecule has 4 N–H and O–H groups in total. The maximum absolute atomic E-state index is 13.6. The summed E-state index contributed by atoms with van der Waals surface area (Å²) in [5.41, 5.74) is 5.32. The zero-order valence-electron chi connectivity index (χ0n) is 39.0. The molecule has 2 aliphatic carbocycles. The Morgan fingerprint density at radius 1 is 0.956 bits per heavy atom. The van der Waals surface area contributed by atoms with Crippen LogP contribution in [-0.4, -0.2) is 142 Å². The van der Waals surface area contributed by atoms with Crippen molar-refractivity contribution in [3.63, 3.8) is 0 Å². The molecule has 0 bridgehead atoms. The van der Waals surface area contributed by atoms with E-state index in [0.29, 0.717) is 31.3 Å². The number of nitro benzene ring substituents is 1. The predicted molar refractivity (Wildman–Crippen MR) is 273 cm³/mol. The first-order chi connectivity index (χ1) is 32.8. The van der Waals surface area contributed by atoms with E-state index in [-0.39, 0.29) is 34.2 Å². The number of anilines is 2. The maximum Gasteiger partial charge on any atom is 0.293 e. The van der Waals surface area contributed by atoms with E-state index in [1.54, 1.807) is 23.9 Å². The number of benzene rings is 4. The summed E-state index contributed by atoms with van der Waals surface area (Å²) in [5.74, 6) is -0.222. The first-order valence-corrected chi connectivity index (χ1v) is 26.8. The highest BCUT2D eigenvalue weighted by Crippen LogP contribution is 2.44. The second kappa shape index (κ2) is 22.9. The van der Waals surface area contributed by atoms with E-state index in [1.807, 2.05) is 54.6 Å². The number of aliphatic hydroxyl groups excluding tert-OH is 1. The third-order valence-corrected chi connectivity index (χ3v) is 16.6. The Kier molecular flexibility index (Phi) is 16.8. The van der Waals surface area contributed by atoms with E-state index in [4.69, 9.17) is 11.6 Å². The van der Waals surface area contributed by atoms with Gasteiger partial charge >= 0.3 is 0 Å². The van der Waals surface area contributed by atoms with Crippen molar-refractivity contribution in [2.45, 2.75) is 67.3 Å². The summed E-state index contributed by atoms with van der Waals surface area (Å²) in [4.78, 5) is 35.6. The lowest BCUT2D eigenvalue weighted by Crippen LogP contribution is -2.49. The van der Waals surface area contributed by atoms with Gasteiger partial charge in [-0.25, -0.2) is 13.1 Å². The largest absolute Gasteiger partial charge is 0.395 e. The van der Waals surface area contributed by atoms with E-state index in [0.717, 1.165) is 119 Å². The standard InChI is InChI=1S/C51H65ClN8O6S2/c1-51(37-57-25-22-53-23-26-57)21-19-47(38-7-11-41(52)12-8-38)40(34-51)35-56-27-29-59(30-28-56)43-13-9-39(10-14-43)50(62)55-68(65,66)46-17-18-48(49(33-46)60(63)64)54-42(36-67-45-5-3-2-4-6-45)20-24-58(31-32-61)44-15-16-44/h2-14,17-18,33,42,44,53-54,61H,15-16,19-32,34-37H2,1H3,(H,55,62)/t42-,51?/m1/s1. The van der Waals surface area contributed by atoms with Gasteiger partial charge in [-0.2, -0.15) is 0 Å². The predicted octanol–water partition coefficient (Wildman–Crippen LogP) is 7.46. The van der Waals surface area contributed by atoms with E-state index >= 15 is 0 Å². The van der Waals surface area contributed by atoms with Crippen LogP contribution >= 0.6 is 23.4 Å². The maximum atomic E-state index is 13.6. The number of piperazine rings is 2. The average Bonchev–Trinajstić information content (AvgIpc) is 4.19. The molecule has 8 rings (SSSR count). The number of thioether (sulfide) groups is 1. The van der Waals surface area contributed by atoms with Gasteiger partial charge in [0.25, 0.3) is 21.6 Å². The molecule has 0 aromatic heterocycles. The minimum atomic E-state index is -4.47. The summed E-state index contributed by atoms with van der Waals surface area (Å²) in [6, 6.07) is 29.0. The van der Waals surface area contributed by atoms with Crippen LogP contribution in [0.4, 0.5) is 17.1 Å². The lowest BCUT2D eigenvalue weighted by molar-refractivity contribution is -0.384. The van der Waals surface area contributed by atoms with Crippen molar-refractivity contribution in [3.8, 4) is 0 Å². The van der Waals surface area contributed by atoms with Crippen molar-refractivity contribution >= 4 is 61.9 Å². The number of amides is 1. The quantitative estimate of drug-likeness (QED) is 0.0370. The molecule has 1 saturated carbocycles. The molecule has 2 aliphatic heterocycles. The van der Waals surface area contributed by atoms with Crippen LogP contribution < -0.4 is 20.3 Å². The Balaban J connectivity index is 0.881. The molecular formula is C51H65ClN8O6S2. The number of nitro groups is 1. The number of aliphatic hydroxyl groups is 1. The number of nitrogens with one attached hydrogen (secondary N) is 3. The molecule has 364 valence electrons. The first-order valence-electron chi connectivity index (χ1n) is 24.0. The summed E-state index contributed by atoms with van der Waals surface area (Å²) < 4.78 is 29.3. The Labute approximate surface area is 410 Å². The molecule has 1 amide bonds. The lowest BCUT2D eigenvalue weighted by atomic mass is 9.71. The van der Waals surface area contributed by atoms with Crippen LogP contribution in [0, 0.1) is 15.5 Å². The van der Waals surface area contributed by atoms with Crippen molar-refractivity contribution in [1.29, 1.82) is 0 Å². The van der Waals surface area contributed by atoms with Gasteiger partial charge in [-0.05, 0) is 116 Å². The fourth-order valence-corrected chi connectivity index (χ4v) is 12.1. The van der Waals surface area contributed by atoms with Gasteiger partial charge in [0.15, 0.2) is 0 Å². The van der Waals surface area contributed by atoms with Crippen molar-refractivity contribution in [1.82, 2.24) is 24.7 Å². The van der Waals surface area contributed by atoms with E-state index in [9.17, 15) is 28.4 Å². The fourth-order valence-electron chi connectivity index (χ4n) is 9.96. The molecule has 2 heterocycles. The van der Waals surface area contributed by atoms with Crippen molar-refractivity contribution < 1.29 is 23.2 Å². The molecule has 3 fully saturated rings. The molecule has 2 atom stereocenters. The van der Waals surface area contributed by atoms with Gasteiger partial charge in [0.2, 0.25) is 0 Å². The summed E-state index contributed by atoms with van der Waals surface area (Å²) in [5, 5.41) is 29.6. The van der Waals surface area contributed by atoms with Gasteiger partial charge < -0.3 is 25.5 Å². The lowest BCUT2D eigenvalue weighted by Gasteiger charge is -2.43. The van der Waals surface area contributed by atoms with Gasteiger partial charge in [0, 0.05) is 124 Å². The highest BCUT2D eigenvalue weighted by Gasteiger charge is 2.35. The number of carbonyl (C=O) groups is 1. The fraction of sp³-hybridized carbons (Fsp3) is 0.471. The third kappa shape index (κ3) is 13.4. The van der Waals surface area contributed by atoms with Gasteiger partial charge in [-0.1, -0.05) is 54.4 Å². The number of sulfonamides is 1. The summed E-state index contributed by atoms with van der Waals surface area (Å²) >= 11 is 7.92. The molecule has 1 unspecified atom stereocenters. The molecule has 0 spiro atoms. The zero-order valence-corrected chi connectivity index (χ0v) is 41.3. The normalized spacial score (nSPS) is 20.1. The second-order valence-electron chi connectivity index (χ2n) is 19.0. The van der Waals surface area contributed by atoms with Crippen LogP contribution in [0.1, 0.15) is 61.4 Å². The minimum absolute atomic E-state index is 0.0551. The summed E-state index contributed by atoms with van der Waals surface area (Å²) in [6.45, 7) is 13.4. The average molecular weight is 986 g/mol. The second-order valence-corrected chi connectivity index (χ2v) is 22.2.